The van der Waals surface area contributed by atoms with E-state index in [4.69, 9.17) is 5.73 Å². The van der Waals surface area contributed by atoms with Crippen LogP contribution in [-0.4, -0.2) is 21.0 Å². The Morgan fingerprint density at radius 1 is 1.50 bits per heavy atom. The highest BCUT2D eigenvalue weighted by atomic mass is 32.2. The Labute approximate surface area is 94.7 Å². The highest BCUT2D eigenvalue weighted by Crippen LogP contribution is 2.11. The first kappa shape index (κ1) is 13.1. The van der Waals surface area contributed by atoms with E-state index in [1.165, 1.54) is 18.2 Å². The summed E-state index contributed by atoms with van der Waals surface area (Å²) in [5, 5.41) is 0. The van der Waals surface area contributed by atoms with E-state index in [9.17, 15) is 12.8 Å². The molecule has 0 aliphatic rings. The number of hydrogen-bond donors (Lipinski definition) is 2. The third-order valence-corrected chi connectivity index (χ3v) is 3.65. The van der Waals surface area contributed by atoms with Gasteiger partial charge in [0.05, 0.1) is 4.90 Å². The van der Waals surface area contributed by atoms with Crippen LogP contribution in [0.2, 0.25) is 0 Å². The van der Waals surface area contributed by atoms with Gasteiger partial charge in [0.1, 0.15) is 5.82 Å². The zero-order valence-corrected chi connectivity index (χ0v) is 9.80. The summed E-state index contributed by atoms with van der Waals surface area (Å²) in [7, 11) is -3.65. The van der Waals surface area contributed by atoms with Gasteiger partial charge >= 0.3 is 0 Å². The Morgan fingerprint density at radius 3 is 2.75 bits per heavy atom. The topological polar surface area (TPSA) is 72.2 Å². The Hall–Kier alpha value is -0.980. The number of sulfonamides is 1. The van der Waals surface area contributed by atoms with Crippen LogP contribution in [0.25, 0.3) is 0 Å². The summed E-state index contributed by atoms with van der Waals surface area (Å²) in [4.78, 5) is -0.0728. The van der Waals surface area contributed by atoms with Crippen LogP contribution in [0.4, 0.5) is 4.39 Å². The molecule has 0 aliphatic heterocycles. The molecular formula is C10H15FN2O2S. The molecule has 0 fully saturated rings. The fourth-order valence-corrected chi connectivity index (χ4v) is 2.59. The van der Waals surface area contributed by atoms with Gasteiger partial charge in [-0.3, -0.25) is 0 Å². The molecule has 4 nitrogen and oxygen atoms in total. The van der Waals surface area contributed by atoms with Crippen LogP contribution in [0, 0.1) is 5.82 Å². The van der Waals surface area contributed by atoms with Crippen molar-refractivity contribution in [1.82, 2.24) is 4.72 Å². The number of hydrogen-bond acceptors (Lipinski definition) is 3. The minimum absolute atomic E-state index is 0.0728. The van der Waals surface area contributed by atoms with Crippen LogP contribution in [0.15, 0.2) is 29.2 Å². The van der Waals surface area contributed by atoms with Gasteiger partial charge in [-0.15, -0.1) is 0 Å². The second-order valence-electron chi connectivity index (χ2n) is 3.56. The van der Waals surface area contributed by atoms with Gasteiger partial charge in [0.25, 0.3) is 0 Å². The van der Waals surface area contributed by atoms with Gasteiger partial charge in [-0.1, -0.05) is 6.07 Å². The summed E-state index contributed by atoms with van der Waals surface area (Å²) in [6, 6.07) is 4.62. The van der Waals surface area contributed by atoms with Crippen molar-refractivity contribution in [2.45, 2.75) is 24.3 Å². The molecule has 0 saturated heterocycles. The Balaban J connectivity index is 2.86. The molecule has 0 amide bonds. The maximum absolute atomic E-state index is 12.9. The van der Waals surface area contributed by atoms with Gasteiger partial charge in [-0.2, -0.15) is 0 Å². The standard InChI is InChI=1S/C10H15FN2O2S/c1-8(5-6-12)13-16(14,15)10-4-2-3-9(11)7-10/h2-4,7-8,13H,5-6,12H2,1H3. The predicted octanol–water partition coefficient (Wildman–Crippen LogP) is 0.841. The quantitative estimate of drug-likeness (QED) is 0.808. The lowest BCUT2D eigenvalue weighted by Gasteiger charge is -2.13. The maximum Gasteiger partial charge on any atom is 0.240 e. The zero-order chi connectivity index (χ0) is 12.2. The Kier molecular flexibility index (Phi) is 4.40. The first-order valence-electron chi connectivity index (χ1n) is 4.93. The molecule has 0 bridgehead atoms. The molecule has 1 aromatic carbocycles. The summed E-state index contributed by atoms with van der Waals surface area (Å²) in [6.07, 6.45) is 0.536. The first-order chi connectivity index (χ1) is 7.45. The summed E-state index contributed by atoms with van der Waals surface area (Å²) in [5.74, 6) is -0.575. The van der Waals surface area contributed by atoms with E-state index < -0.39 is 15.8 Å². The summed E-state index contributed by atoms with van der Waals surface area (Å²) in [6.45, 7) is 2.11. The SMILES string of the molecule is CC(CCN)NS(=O)(=O)c1cccc(F)c1. The van der Waals surface area contributed by atoms with Gasteiger partial charge in [0.2, 0.25) is 10.0 Å². The van der Waals surface area contributed by atoms with Crippen molar-refractivity contribution in [1.29, 1.82) is 0 Å². The summed E-state index contributed by atoms with van der Waals surface area (Å²) >= 11 is 0. The third-order valence-electron chi connectivity index (χ3n) is 2.06. The average Bonchev–Trinajstić information content (AvgIpc) is 2.17. The van der Waals surface area contributed by atoms with E-state index in [0.717, 1.165) is 6.07 Å². The van der Waals surface area contributed by atoms with Crippen LogP contribution in [0.3, 0.4) is 0 Å². The molecule has 3 N–H and O–H groups in total. The van der Waals surface area contributed by atoms with E-state index in [1.807, 2.05) is 0 Å². The normalized spacial score (nSPS) is 13.7. The van der Waals surface area contributed by atoms with Crippen LogP contribution in [-0.2, 0) is 10.0 Å². The second kappa shape index (κ2) is 5.38. The first-order valence-corrected chi connectivity index (χ1v) is 6.42. The van der Waals surface area contributed by atoms with Crippen LogP contribution >= 0.6 is 0 Å². The molecule has 1 atom stereocenters. The van der Waals surface area contributed by atoms with Crippen LogP contribution in [0.5, 0.6) is 0 Å². The molecule has 0 heterocycles. The molecule has 0 spiro atoms. The molecule has 6 heteroatoms. The zero-order valence-electron chi connectivity index (χ0n) is 8.98. The van der Waals surface area contributed by atoms with E-state index in [2.05, 4.69) is 4.72 Å². The third kappa shape index (κ3) is 3.55. The van der Waals surface area contributed by atoms with Crippen molar-refractivity contribution < 1.29 is 12.8 Å². The second-order valence-corrected chi connectivity index (χ2v) is 5.27. The highest BCUT2D eigenvalue weighted by Gasteiger charge is 2.17. The fourth-order valence-electron chi connectivity index (χ4n) is 1.28. The molecule has 0 aliphatic carbocycles. The summed E-state index contributed by atoms with van der Waals surface area (Å²) in [5.41, 5.74) is 5.32. The summed E-state index contributed by atoms with van der Waals surface area (Å²) < 4.78 is 38.8. The minimum atomic E-state index is -3.65. The molecular weight excluding hydrogens is 231 g/mol. The lowest BCUT2D eigenvalue weighted by molar-refractivity contribution is 0.548. The van der Waals surface area contributed by atoms with E-state index >= 15 is 0 Å². The highest BCUT2D eigenvalue weighted by molar-refractivity contribution is 7.89. The molecule has 90 valence electrons. The minimum Gasteiger partial charge on any atom is -0.330 e. The Morgan fingerprint density at radius 2 is 2.19 bits per heavy atom. The number of nitrogens with one attached hydrogen (secondary N) is 1. The lowest BCUT2D eigenvalue weighted by Crippen LogP contribution is -2.34. The van der Waals surface area contributed by atoms with Gasteiger partial charge < -0.3 is 5.73 Å². The van der Waals surface area contributed by atoms with Crippen molar-refractivity contribution in [3.05, 3.63) is 30.1 Å². The van der Waals surface area contributed by atoms with E-state index in [0.29, 0.717) is 13.0 Å². The molecule has 0 radical (unpaired) electrons. The number of nitrogens with two attached hydrogens (primary N) is 1. The van der Waals surface area contributed by atoms with Gasteiger partial charge in [-0.25, -0.2) is 17.5 Å². The van der Waals surface area contributed by atoms with Crippen LogP contribution in [0.1, 0.15) is 13.3 Å². The predicted molar refractivity (Wildman–Crippen MR) is 59.9 cm³/mol. The smallest absolute Gasteiger partial charge is 0.240 e. The molecule has 16 heavy (non-hydrogen) atoms. The maximum atomic E-state index is 12.9. The van der Waals surface area contributed by atoms with E-state index in [-0.39, 0.29) is 10.9 Å². The van der Waals surface area contributed by atoms with E-state index in [1.54, 1.807) is 6.92 Å². The van der Waals surface area contributed by atoms with Gasteiger partial charge in [-0.05, 0) is 38.1 Å². The molecule has 1 aromatic rings. The fraction of sp³-hybridized carbons (Fsp3) is 0.400. The molecule has 0 aromatic heterocycles. The van der Waals surface area contributed by atoms with Crippen molar-refractivity contribution >= 4 is 10.0 Å². The molecule has 1 unspecified atom stereocenters. The Bertz CT molecular complexity index is 448. The monoisotopic (exact) mass is 246 g/mol. The van der Waals surface area contributed by atoms with Crippen molar-refractivity contribution in [2.75, 3.05) is 6.54 Å². The number of rotatable bonds is 5. The lowest BCUT2D eigenvalue weighted by atomic mass is 10.3. The van der Waals surface area contributed by atoms with Crippen LogP contribution < -0.4 is 10.5 Å². The average molecular weight is 246 g/mol. The van der Waals surface area contributed by atoms with Crippen molar-refractivity contribution in [2.24, 2.45) is 5.73 Å². The largest absolute Gasteiger partial charge is 0.330 e. The van der Waals surface area contributed by atoms with Crippen molar-refractivity contribution in [3.63, 3.8) is 0 Å². The van der Waals surface area contributed by atoms with Gasteiger partial charge in [0, 0.05) is 6.04 Å². The van der Waals surface area contributed by atoms with Crippen molar-refractivity contribution in [3.8, 4) is 0 Å². The number of halogens is 1. The van der Waals surface area contributed by atoms with Gasteiger partial charge in [0.15, 0.2) is 0 Å². The number of benzene rings is 1. The molecule has 1 rings (SSSR count). The molecule has 0 saturated carbocycles.